The molecule has 1 aromatic rings. The molecule has 1 fully saturated rings. The van der Waals surface area contributed by atoms with Crippen molar-refractivity contribution in [1.29, 1.82) is 0 Å². The molecule has 0 bridgehead atoms. The second-order valence-corrected chi connectivity index (χ2v) is 6.30. The van der Waals surface area contributed by atoms with Crippen molar-refractivity contribution in [2.75, 3.05) is 38.6 Å². The van der Waals surface area contributed by atoms with Crippen molar-refractivity contribution in [1.82, 2.24) is 10.2 Å². The van der Waals surface area contributed by atoms with Gasteiger partial charge in [0, 0.05) is 50.9 Å². The highest BCUT2D eigenvalue weighted by atomic mass is 16.2. The van der Waals surface area contributed by atoms with Gasteiger partial charge in [-0.05, 0) is 37.5 Å². The number of hydrogen-bond donors (Lipinski definition) is 1. The summed E-state index contributed by atoms with van der Waals surface area (Å²) in [5.41, 5.74) is 1.73. The van der Waals surface area contributed by atoms with Gasteiger partial charge in [-0.2, -0.15) is 0 Å². The maximum Gasteiger partial charge on any atom is 0.253 e. The Morgan fingerprint density at radius 3 is 2.57 bits per heavy atom. The first-order valence-electron chi connectivity index (χ1n) is 8.37. The Morgan fingerprint density at radius 1 is 1.26 bits per heavy atom. The summed E-state index contributed by atoms with van der Waals surface area (Å²) in [5, 5.41) is 2.95. The molecule has 2 rings (SSSR count). The predicted octanol–water partition coefficient (Wildman–Crippen LogP) is 2.13. The summed E-state index contributed by atoms with van der Waals surface area (Å²) in [5.74, 6) is 0.230. The van der Waals surface area contributed by atoms with Crippen LogP contribution in [0.25, 0.3) is 0 Å². The SMILES string of the molecule is CCCNC(=O)C1CCN(C(=O)c2cccc(N(C)C)c2)CC1. The molecule has 1 heterocycles. The Labute approximate surface area is 138 Å². The first-order chi connectivity index (χ1) is 11.0. The van der Waals surface area contributed by atoms with E-state index in [4.69, 9.17) is 0 Å². The fraction of sp³-hybridized carbons (Fsp3) is 0.556. The largest absolute Gasteiger partial charge is 0.378 e. The number of rotatable bonds is 5. The van der Waals surface area contributed by atoms with E-state index in [1.54, 1.807) is 0 Å². The third kappa shape index (κ3) is 4.47. The molecule has 1 N–H and O–H groups in total. The van der Waals surface area contributed by atoms with E-state index >= 15 is 0 Å². The Hall–Kier alpha value is -2.04. The monoisotopic (exact) mass is 317 g/mol. The zero-order valence-corrected chi connectivity index (χ0v) is 14.3. The summed E-state index contributed by atoms with van der Waals surface area (Å²) in [7, 11) is 3.92. The molecular weight excluding hydrogens is 290 g/mol. The van der Waals surface area contributed by atoms with Crippen LogP contribution in [0.4, 0.5) is 5.69 Å². The van der Waals surface area contributed by atoms with Crippen LogP contribution in [-0.2, 0) is 4.79 Å². The van der Waals surface area contributed by atoms with Gasteiger partial charge in [-0.15, -0.1) is 0 Å². The van der Waals surface area contributed by atoms with Crippen LogP contribution in [0.5, 0.6) is 0 Å². The maximum absolute atomic E-state index is 12.6. The van der Waals surface area contributed by atoms with Crippen molar-refractivity contribution < 1.29 is 9.59 Å². The average molecular weight is 317 g/mol. The van der Waals surface area contributed by atoms with Gasteiger partial charge in [0.05, 0.1) is 0 Å². The van der Waals surface area contributed by atoms with Crippen molar-refractivity contribution >= 4 is 17.5 Å². The molecular formula is C18H27N3O2. The van der Waals surface area contributed by atoms with E-state index in [1.165, 1.54) is 0 Å². The second kappa shape index (κ2) is 7.99. The Bertz CT molecular complexity index is 549. The average Bonchev–Trinajstić information content (AvgIpc) is 2.59. The number of likely N-dealkylation sites (tertiary alicyclic amines) is 1. The lowest BCUT2D eigenvalue weighted by atomic mass is 9.95. The van der Waals surface area contributed by atoms with Crippen LogP contribution in [0.2, 0.25) is 0 Å². The minimum Gasteiger partial charge on any atom is -0.378 e. The van der Waals surface area contributed by atoms with Crippen LogP contribution in [0.1, 0.15) is 36.5 Å². The molecule has 0 aromatic heterocycles. The van der Waals surface area contributed by atoms with Crippen LogP contribution in [0, 0.1) is 5.92 Å². The number of amides is 2. The van der Waals surface area contributed by atoms with E-state index in [2.05, 4.69) is 5.32 Å². The molecule has 0 radical (unpaired) electrons. The van der Waals surface area contributed by atoms with Gasteiger partial charge in [0.15, 0.2) is 0 Å². The Morgan fingerprint density at radius 2 is 1.96 bits per heavy atom. The number of benzene rings is 1. The number of hydrogen-bond acceptors (Lipinski definition) is 3. The van der Waals surface area contributed by atoms with Crippen molar-refractivity contribution in [2.45, 2.75) is 26.2 Å². The second-order valence-electron chi connectivity index (χ2n) is 6.30. The predicted molar refractivity (Wildman–Crippen MR) is 92.7 cm³/mol. The van der Waals surface area contributed by atoms with Gasteiger partial charge in [-0.3, -0.25) is 9.59 Å². The highest BCUT2D eigenvalue weighted by Crippen LogP contribution is 2.21. The summed E-state index contributed by atoms with van der Waals surface area (Å²) < 4.78 is 0. The van der Waals surface area contributed by atoms with E-state index in [1.807, 2.05) is 55.1 Å². The molecule has 0 atom stereocenters. The fourth-order valence-electron chi connectivity index (χ4n) is 2.84. The summed E-state index contributed by atoms with van der Waals surface area (Å²) in [4.78, 5) is 28.5. The van der Waals surface area contributed by atoms with E-state index in [0.29, 0.717) is 18.7 Å². The van der Waals surface area contributed by atoms with E-state index < -0.39 is 0 Å². The van der Waals surface area contributed by atoms with Crippen LogP contribution in [0.3, 0.4) is 0 Å². The van der Waals surface area contributed by atoms with Crippen molar-refractivity contribution in [3.05, 3.63) is 29.8 Å². The van der Waals surface area contributed by atoms with E-state index in [-0.39, 0.29) is 17.7 Å². The lowest BCUT2D eigenvalue weighted by Crippen LogP contribution is -2.43. The maximum atomic E-state index is 12.6. The van der Waals surface area contributed by atoms with Gasteiger partial charge in [-0.25, -0.2) is 0 Å². The highest BCUT2D eigenvalue weighted by molar-refractivity contribution is 5.95. The number of piperidine rings is 1. The molecule has 0 saturated carbocycles. The quantitative estimate of drug-likeness (QED) is 0.905. The molecule has 1 aliphatic heterocycles. The standard InChI is InChI=1S/C18H27N3O2/c1-4-10-19-17(22)14-8-11-21(12-9-14)18(23)15-6-5-7-16(13-15)20(2)3/h5-7,13-14H,4,8-12H2,1-3H3,(H,19,22). The number of carbonyl (C=O) groups is 2. The Balaban J connectivity index is 1.93. The van der Waals surface area contributed by atoms with Crippen LogP contribution < -0.4 is 10.2 Å². The lowest BCUT2D eigenvalue weighted by molar-refractivity contribution is -0.126. The zero-order chi connectivity index (χ0) is 16.8. The summed E-state index contributed by atoms with van der Waals surface area (Å²) in [6.07, 6.45) is 2.44. The molecule has 2 amide bonds. The number of nitrogens with zero attached hydrogens (tertiary/aromatic N) is 2. The van der Waals surface area contributed by atoms with Gasteiger partial charge in [-0.1, -0.05) is 13.0 Å². The molecule has 1 aliphatic rings. The van der Waals surface area contributed by atoms with Crippen molar-refractivity contribution in [3.63, 3.8) is 0 Å². The lowest BCUT2D eigenvalue weighted by Gasteiger charge is -2.31. The minimum atomic E-state index is 0.0405. The van der Waals surface area contributed by atoms with Crippen LogP contribution in [-0.4, -0.2) is 50.4 Å². The van der Waals surface area contributed by atoms with Crippen molar-refractivity contribution in [2.24, 2.45) is 5.92 Å². The van der Waals surface area contributed by atoms with Gasteiger partial charge < -0.3 is 15.1 Å². The number of anilines is 1. The molecule has 0 unspecified atom stereocenters. The van der Waals surface area contributed by atoms with Gasteiger partial charge in [0.25, 0.3) is 5.91 Å². The summed E-state index contributed by atoms with van der Waals surface area (Å²) in [6, 6.07) is 7.67. The number of nitrogens with one attached hydrogen (secondary N) is 1. The van der Waals surface area contributed by atoms with E-state index in [0.717, 1.165) is 31.5 Å². The summed E-state index contributed by atoms with van der Waals surface area (Å²) >= 11 is 0. The smallest absolute Gasteiger partial charge is 0.253 e. The number of carbonyl (C=O) groups excluding carboxylic acids is 2. The molecule has 0 spiro atoms. The summed E-state index contributed by atoms with van der Waals surface area (Å²) in [6.45, 7) is 4.07. The Kier molecular flexibility index (Phi) is 6.02. The first kappa shape index (κ1) is 17.3. The van der Waals surface area contributed by atoms with Gasteiger partial charge in [0.2, 0.25) is 5.91 Å². The molecule has 1 aromatic carbocycles. The van der Waals surface area contributed by atoms with E-state index in [9.17, 15) is 9.59 Å². The highest BCUT2D eigenvalue weighted by Gasteiger charge is 2.27. The topological polar surface area (TPSA) is 52.7 Å². The normalized spacial score (nSPS) is 15.3. The molecule has 1 saturated heterocycles. The zero-order valence-electron chi connectivity index (χ0n) is 14.3. The van der Waals surface area contributed by atoms with Gasteiger partial charge in [0.1, 0.15) is 0 Å². The first-order valence-corrected chi connectivity index (χ1v) is 8.37. The fourth-order valence-corrected chi connectivity index (χ4v) is 2.84. The molecule has 126 valence electrons. The molecule has 5 heteroatoms. The molecule has 5 nitrogen and oxygen atoms in total. The van der Waals surface area contributed by atoms with Gasteiger partial charge >= 0.3 is 0 Å². The van der Waals surface area contributed by atoms with Crippen molar-refractivity contribution in [3.8, 4) is 0 Å². The molecule has 0 aliphatic carbocycles. The molecule has 23 heavy (non-hydrogen) atoms. The van der Waals surface area contributed by atoms with Crippen LogP contribution >= 0.6 is 0 Å². The third-order valence-electron chi connectivity index (χ3n) is 4.31. The third-order valence-corrected chi connectivity index (χ3v) is 4.31. The minimum absolute atomic E-state index is 0.0405. The van der Waals surface area contributed by atoms with Crippen LogP contribution in [0.15, 0.2) is 24.3 Å².